The van der Waals surface area contributed by atoms with Crippen LogP contribution in [-0.4, -0.2) is 21.7 Å². The van der Waals surface area contributed by atoms with Crippen molar-refractivity contribution in [3.8, 4) is 0 Å². The highest BCUT2D eigenvalue weighted by molar-refractivity contribution is 7.18. The van der Waals surface area contributed by atoms with Crippen LogP contribution in [0.1, 0.15) is 55.2 Å². The molecule has 0 saturated heterocycles. The number of hydrogen-bond donors (Lipinski definition) is 1. The molecule has 6 nitrogen and oxygen atoms in total. The van der Waals surface area contributed by atoms with Gasteiger partial charge in [0.15, 0.2) is 0 Å². The molecule has 7 heteroatoms. The minimum atomic E-state index is -0.357. The Hall–Kier alpha value is -2.80. The molecule has 0 aliphatic heterocycles. The van der Waals surface area contributed by atoms with Crippen LogP contribution >= 0.6 is 11.3 Å². The third kappa shape index (κ3) is 4.21. The van der Waals surface area contributed by atoms with Gasteiger partial charge in [0.25, 0.3) is 11.5 Å². The van der Waals surface area contributed by atoms with Gasteiger partial charge >= 0.3 is 0 Å². The number of benzene rings is 1. The van der Waals surface area contributed by atoms with Crippen molar-refractivity contribution in [1.82, 2.24) is 15.0 Å². The number of nitrogens with zero attached hydrogens (tertiary/aromatic N) is 3. The third-order valence-corrected chi connectivity index (χ3v) is 6.64. The molecule has 0 unspecified atom stereocenters. The van der Waals surface area contributed by atoms with Crippen LogP contribution in [0.2, 0.25) is 0 Å². The van der Waals surface area contributed by atoms with E-state index < -0.39 is 0 Å². The normalized spacial score (nSPS) is 14.2. The fourth-order valence-corrected chi connectivity index (χ4v) is 4.95. The van der Waals surface area contributed by atoms with E-state index >= 15 is 0 Å². The summed E-state index contributed by atoms with van der Waals surface area (Å²) in [4.78, 5) is 31.7. The molecule has 1 amide bonds. The van der Waals surface area contributed by atoms with Crippen molar-refractivity contribution in [2.45, 2.75) is 58.4 Å². The van der Waals surface area contributed by atoms with E-state index in [1.54, 1.807) is 17.6 Å². The number of carbonyl (C=O) groups excluding carboxylic acids is 1. The Morgan fingerprint density at radius 2 is 1.97 bits per heavy atom. The van der Waals surface area contributed by atoms with Gasteiger partial charge in [0, 0.05) is 4.88 Å². The number of nitrogens with one attached hydrogen (secondary N) is 1. The molecule has 30 heavy (non-hydrogen) atoms. The Balaban J connectivity index is 1.44. The van der Waals surface area contributed by atoms with Crippen LogP contribution in [0.3, 0.4) is 0 Å². The van der Waals surface area contributed by atoms with E-state index in [0.717, 1.165) is 41.6 Å². The highest BCUT2D eigenvalue weighted by atomic mass is 32.1. The van der Waals surface area contributed by atoms with Crippen LogP contribution in [0.25, 0.3) is 10.2 Å². The van der Waals surface area contributed by atoms with E-state index in [0.29, 0.717) is 5.39 Å². The van der Waals surface area contributed by atoms with E-state index in [9.17, 15) is 9.59 Å². The fourth-order valence-electron chi connectivity index (χ4n) is 3.73. The first-order valence-electron chi connectivity index (χ1n) is 10.2. The topological polar surface area (TPSA) is 76.3 Å². The van der Waals surface area contributed by atoms with Gasteiger partial charge in [0.1, 0.15) is 11.4 Å². The average Bonchev–Trinajstić information content (AvgIpc) is 3.09. The van der Waals surface area contributed by atoms with Gasteiger partial charge in [-0.15, -0.1) is 11.3 Å². The largest absolute Gasteiger partial charge is 0.289 e. The smallest absolute Gasteiger partial charge is 0.262 e. The maximum atomic E-state index is 12.9. The Morgan fingerprint density at radius 3 is 2.70 bits per heavy atom. The number of carbonyl (C=O) groups is 1. The van der Waals surface area contributed by atoms with Crippen molar-refractivity contribution in [2.24, 2.45) is 5.10 Å². The Labute approximate surface area is 179 Å². The standard InChI is InChI=1S/C23H26N4O2S/c1-23(2,3)16-10-8-15(9-11-16)12-25-26-19(28)13-27-14-24-21-20(22(27)29)17-6-4-5-7-18(17)30-21/h8-12,14H,4-7,13H2,1-3H3,(H,26,28)/b25-12-. The number of aromatic nitrogens is 2. The second-order valence-corrected chi connectivity index (χ2v) is 9.82. The lowest BCUT2D eigenvalue weighted by molar-refractivity contribution is -0.121. The first-order chi connectivity index (χ1) is 14.3. The van der Waals surface area contributed by atoms with Gasteiger partial charge in [0.2, 0.25) is 0 Å². The van der Waals surface area contributed by atoms with Crippen molar-refractivity contribution in [2.75, 3.05) is 0 Å². The molecule has 1 aliphatic rings. The lowest BCUT2D eigenvalue weighted by Crippen LogP contribution is -2.30. The summed E-state index contributed by atoms with van der Waals surface area (Å²) in [5.41, 5.74) is 5.71. The zero-order valence-electron chi connectivity index (χ0n) is 17.6. The number of rotatable bonds is 4. The Kier molecular flexibility index (Phi) is 5.56. The van der Waals surface area contributed by atoms with Crippen molar-refractivity contribution in [3.05, 3.63) is 62.5 Å². The van der Waals surface area contributed by atoms with E-state index in [1.165, 1.54) is 21.3 Å². The lowest BCUT2D eigenvalue weighted by Gasteiger charge is -2.18. The van der Waals surface area contributed by atoms with Gasteiger partial charge in [0.05, 0.1) is 17.9 Å². The first kappa shape index (κ1) is 20.5. The minimum absolute atomic E-state index is 0.0913. The summed E-state index contributed by atoms with van der Waals surface area (Å²) in [6, 6.07) is 8.06. The van der Waals surface area contributed by atoms with Gasteiger partial charge in [-0.1, -0.05) is 45.0 Å². The van der Waals surface area contributed by atoms with Crippen molar-refractivity contribution >= 4 is 33.7 Å². The summed E-state index contributed by atoms with van der Waals surface area (Å²) in [6.07, 6.45) is 7.25. The van der Waals surface area contributed by atoms with Crippen LogP contribution in [0, 0.1) is 0 Å². The molecule has 0 radical (unpaired) electrons. The molecule has 4 rings (SSSR count). The number of hydrogen-bond acceptors (Lipinski definition) is 5. The molecule has 0 saturated carbocycles. The molecule has 0 fully saturated rings. The highest BCUT2D eigenvalue weighted by Gasteiger charge is 2.20. The quantitative estimate of drug-likeness (QED) is 0.513. The van der Waals surface area contributed by atoms with Crippen LogP contribution < -0.4 is 11.0 Å². The molecule has 0 atom stereocenters. The van der Waals surface area contributed by atoms with Crippen molar-refractivity contribution in [1.29, 1.82) is 0 Å². The van der Waals surface area contributed by atoms with Crippen LogP contribution in [0.15, 0.2) is 40.5 Å². The number of hydrazone groups is 1. The van der Waals surface area contributed by atoms with Gasteiger partial charge in [-0.2, -0.15) is 5.10 Å². The highest BCUT2D eigenvalue weighted by Crippen LogP contribution is 2.33. The molecule has 156 valence electrons. The summed E-state index contributed by atoms with van der Waals surface area (Å²) in [6.45, 7) is 6.38. The van der Waals surface area contributed by atoms with Crippen LogP contribution in [-0.2, 0) is 29.6 Å². The number of amides is 1. The fraction of sp³-hybridized carbons (Fsp3) is 0.391. The molecule has 1 aromatic carbocycles. The van der Waals surface area contributed by atoms with Gasteiger partial charge < -0.3 is 0 Å². The molecular weight excluding hydrogens is 396 g/mol. The zero-order valence-corrected chi connectivity index (χ0v) is 18.4. The second-order valence-electron chi connectivity index (χ2n) is 8.73. The number of thiophene rings is 1. The minimum Gasteiger partial charge on any atom is -0.289 e. The van der Waals surface area contributed by atoms with E-state index in [1.807, 2.05) is 12.1 Å². The predicted molar refractivity (Wildman–Crippen MR) is 121 cm³/mol. The molecule has 0 spiro atoms. The average molecular weight is 423 g/mol. The predicted octanol–water partition coefficient (Wildman–Crippen LogP) is 3.78. The molecule has 3 aromatic rings. The third-order valence-electron chi connectivity index (χ3n) is 5.44. The SMILES string of the molecule is CC(C)(C)c1ccc(/C=N\NC(=O)Cn2cnc3sc4c(c3c2=O)CCCC4)cc1. The lowest BCUT2D eigenvalue weighted by atomic mass is 9.87. The number of aryl methyl sites for hydroxylation is 2. The zero-order chi connectivity index (χ0) is 21.3. The summed E-state index contributed by atoms with van der Waals surface area (Å²) in [5, 5.41) is 4.71. The molecule has 0 bridgehead atoms. The summed E-state index contributed by atoms with van der Waals surface area (Å²) in [5.74, 6) is -0.357. The maximum absolute atomic E-state index is 12.9. The summed E-state index contributed by atoms with van der Waals surface area (Å²) >= 11 is 1.61. The second kappa shape index (κ2) is 8.14. The maximum Gasteiger partial charge on any atom is 0.262 e. The molecular formula is C23H26N4O2S. The van der Waals surface area contributed by atoms with Crippen molar-refractivity contribution < 1.29 is 4.79 Å². The Morgan fingerprint density at radius 1 is 1.23 bits per heavy atom. The van der Waals surface area contributed by atoms with Crippen molar-refractivity contribution in [3.63, 3.8) is 0 Å². The van der Waals surface area contributed by atoms with Gasteiger partial charge in [-0.3, -0.25) is 14.2 Å². The van der Waals surface area contributed by atoms with Crippen LogP contribution in [0.4, 0.5) is 0 Å². The first-order valence-corrected chi connectivity index (χ1v) is 11.1. The molecule has 2 heterocycles. The summed E-state index contributed by atoms with van der Waals surface area (Å²) in [7, 11) is 0. The van der Waals surface area contributed by atoms with Gasteiger partial charge in [-0.05, 0) is 47.8 Å². The van der Waals surface area contributed by atoms with E-state index in [-0.39, 0.29) is 23.4 Å². The van der Waals surface area contributed by atoms with Gasteiger partial charge in [-0.25, -0.2) is 10.4 Å². The summed E-state index contributed by atoms with van der Waals surface area (Å²) < 4.78 is 1.37. The van der Waals surface area contributed by atoms with E-state index in [4.69, 9.17) is 0 Å². The molecule has 1 aliphatic carbocycles. The monoisotopic (exact) mass is 422 g/mol. The van der Waals surface area contributed by atoms with E-state index in [2.05, 4.69) is 48.4 Å². The number of fused-ring (bicyclic) bond motifs is 3. The van der Waals surface area contributed by atoms with Crippen LogP contribution in [0.5, 0.6) is 0 Å². The molecule has 2 aromatic heterocycles. The Bertz CT molecular complexity index is 1170. The molecule has 1 N–H and O–H groups in total.